The SMILES string of the molecule is CC.Cc1ccc(COc2nc3cnccc3c(=O)[nH]2)cc1.Cc1ccc(N2CCOCC2)cc1. The Bertz CT molecular complexity index is 1230. The highest BCUT2D eigenvalue weighted by molar-refractivity contribution is 5.76. The molecule has 1 aliphatic rings. The van der Waals surface area contributed by atoms with Gasteiger partial charge in [-0.15, -0.1) is 0 Å². The second-order valence-corrected chi connectivity index (χ2v) is 7.97. The van der Waals surface area contributed by atoms with Crippen LogP contribution >= 0.6 is 0 Å². The van der Waals surface area contributed by atoms with Gasteiger partial charge < -0.3 is 14.4 Å². The summed E-state index contributed by atoms with van der Waals surface area (Å²) in [7, 11) is 0. The van der Waals surface area contributed by atoms with E-state index in [1.165, 1.54) is 16.8 Å². The summed E-state index contributed by atoms with van der Waals surface area (Å²) in [6, 6.07) is 18.5. The van der Waals surface area contributed by atoms with Crippen molar-refractivity contribution in [2.45, 2.75) is 34.3 Å². The van der Waals surface area contributed by atoms with Gasteiger partial charge in [0.1, 0.15) is 6.61 Å². The molecular weight excluding hydrogens is 440 g/mol. The van der Waals surface area contributed by atoms with Gasteiger partial charge in [-0.1, -0.05) is 61.4 Å². The van der Waals surface area contributed by atoms with Crippen LogP contribution in [0.1, 0.15) is 30.5 Å². The highest BCUT2D eigenvalue weighted by Gasteiger charge is 2.10. The number of nitrogens with one attached hydrogen (secondary N) is 1. The highest BCUT2D eigenvalue weighted by atomic mass is 16.5. The average molecular weight is 475 g/mol. The van der Waals surface area contributed by atoms with Gasteiger partial charge in [-0.05, 0) is 37.6 Å². The summed E-state index contributed by atoms with van der Waals surface area (Å²) in [6.07, 6.45) is 3.11. The van der Waals surface area contributed by atoms with Crippen molar-refractivity contribution in [3.63, 3.8) is 0 Å². The molecule has 7 heteroatoms. The zero-order valence-corrected chi connectivity index (χ0v) is 21.0. The molecule has 0 bridgehead atoms. The van der Waals surface area contributed by atoms with Crippen LogP contribution < -0.4 is 15.2 Å². The lowest BCUT2D eigenvalue weighted by atomic mass is 10.2. The zero-order chi connectivity index (χ0) is 25.0. The summed E-state index contributed by atoms with van der Waals surface area (Å²) in [5.74, 6) is 0. The molecule has 4 aromatic rings. The third-order valence-corrected chi connectivity index (χ3v) is 5.39. The average Bonchev–Trinajstić information content (AvgIpc) is 2.91. The zero-order valence-electron chi connectivity index (χ0n) is 21.0. The molecule has 1 fully saturated rings. The van der Waals surface area contributed by atoms with E-state index in [1.54, 1.807) is 18.5 Å². The Kier molecular flexibility index (Phi) is 9.80. The molecule has 1 N–H and O–H groups in total. The number of fused-ring (bicyclic) bond motifs is 1. The van der Waals surface area contributed by atoms with Crippen molar-refractivity contribution in [2.75, 3.05) is 31.2 Å². The molecule has 1 aliphatic heterocycles. The van der Waals surface area contributed by atoms with Crippen molar-refractivity contribution in [1.29, 1.82) is 0 Å². The maximum Gasteiger partial charge on any atom is 0.297 e. The predicted octanol–water partition coefficient (Wildman–Crippen LogP) is 5.06. The molecule has 5 rings (SSSR count). The van der Waals surface area contributed by atoms with Crippen molar-refractivity contribution < 1.29 is 9.47 Å². The Morgan fingerprint density at radius 1 is 0.943 bits per heavy atom. The lowest BCUT2D eigenvalue weighted by Gasteiger charge is -2.28. The minimum absolute atomic E-state index is 0.205. The number of hydrogen-bond donors (Lipinski definition) is 1. The van der Waals surface area contributed by atoms with Crippen LogP contribution in [0.15, 0.2) is 71.8 Å². The first kappa shape index (κ1) is 25.9. The number of aromatic amines is 1. The Morgan fingerprint density at radius 3 is 2.23 bits per heavy atom. The third kappa shape index (κ3) is 7.65. The number of hydrogen-bond acceptors (Lipinski definition) is 6. The van der Waals surface area contributed by atoms with Crippen LogP contribution in [0, 0.1) is 13.8 Å². The molecule has 35 heavy (non-hydrogen) atoms. The standard InChI is InChI=1S/C15H13N3O2.C11H15NO.C2H6/c1-10-2-4-11(5-3-10)9-20-15-17-13-8-16-7-6-12(13)14(19)18-15;1-10-2-4-11(5-3-10)12-6-8-13-9-7-12;1-2/h2-8H,9H2,1H3,(H,17,18,19);2-5H,6-9H2,1H3;1-2H3. The minimum Gasteiger partial charge on any atom is -0.460 e. The van der Waals surface area contributed by atoms with Gasteiger partial charge in [0.15, 0.2) is 0 Å². The highest BCUT2D eigenvalue weighted by Crippen LogP contribution is 2.16. The van der Waals surface area contributed by atoms with E-state index in [9.17, 15) is 4.79 Å². The summed E-state index contributed by atoms with van der Waals surface area (Å²) in [5, 5.41) is 0.502. The van der Waals surface area contributed by atoms with Crippen molar-refractivity contribution in [2.24, 2.45) is 0 Å². The number of anilines is 1. The molecule has 0 amide bonds. The summed E-state index contributed by atoms with van der Waals surface area (Å²) in [6.45, 7) is 12.2. The molecule has 7 nitrogen and oxygen atoms in total. The quantitative estimate of drug-likeness (QED) is 0.445. The molecule has 0 saturated carbocycles. The Morgan fingerprint density at radius 2 is 1.57 bits per heavy atom. The fourth-order valence-electron chi connectivity index (χ4n) is 3.45. The van der Waals surface area contributed by atoms with Gasteiger partial charge in [0.2, 0.25) is 0 Å². The van der Waals surface area contributed by atoms with Crippen LogP contribution in [0.25, 0.3) is 10.9 Å². The first-order valence-electron chi connectivity index (χ1n) is 12.0. The Hall–Kier alpha value is -3.71. The van der Waals surface area contributed by atoms with Crippen molar-refractivity contribution >= 4 is 16.6 Å². The van der Waals surface area contributed by atoms with E-state index in [4.69, 9.17) is 9.47 Å². The van der Waals surface area contributed by atoms with Crippen LogP contribution in [-0.4, -0.2) is 41.3 Å². The number of pyridine rings is 1. The van der Waals surface area contributed by atoms with Crippen molar-refractivity contribution in [3.05, 3.63) is 94.0 Å². The number of H-pyrrole nitrogens is 1. The van der Waals surface area contributed by atoms with Crippen LogP contribution in [0.4, 0.5) is 5.69 Å². The Labute approximate surface area is 206 Å². The molecule has 184 valence electrons. The monoisotopic (exact) mass is 474 g/mol. The topological polar surface area (TPSA) is 80.3 Å². The van der Waals surface area contributed by atoms with Gasteiger partial charge in [-0.25, -0.2) is 0 Å². The first-order chi connectivity index (χ1) is 17.1. The molecule has 1 saturated heterocycles. The fourth-order valence-corrected chi connectivity index (χ4v) is 3.45. The van der Waals surface area contributed by atoms with Crippen LogP contribution in [-0.2, 0) is 11.3 Å². The second-order valence-electron chi connectivity index (χ2n) is 7.97. The lowest BCUT2D eigenvalue weighted by molar-refractivity contribution is 0.122. The van der Waals surface area contributed by atoms with Crippen molar-refractivity contribution in [1.82, 2.24) is 15.0 Å². The predicted molar refractivity (Wildman–Crippen MR) is 141 cm³/mol. The smallest absolute Gasteiger partial charge is 0.297 e. The summed E-state index contributed by atoms with van der Waals surface area (Å²) in [4.78, 5) is 25.0. The van der Waals surface area contributed by atoms with E-state index in [2.05, 4.69) is 51.0 Å². The van der Waals surface area contributed by atoms with Crippen LogP contribution in [0.3, 0.4) is 0 Å². The van der Waals surface area contributed by atoms with E-state index in [1.807, 2.05) is 45.0 Å². The Balaban J connectivity index is 0.000000197. The number of ether oxygens (including phenoxy) is 2. The molecule has 0 radical (unpaired) electrons. The number of benzene rings is 2. The normalized spacial score (nSPS) is 12.7. The molecule has 2 aromatic carbocycles. The van der Waals surface area contributed by atoms with Gasteiger partial charge in [0.05, 0.1) is 30.3 Å². The summed E-state index contributed by atoms with van der Waals surface area (Å²) >= 11 is 0. The van der Waals surface area contributed by atoms with Gasteiger partial charge in [0, 0.05) is 25.0 Å². The number of nitrogens with zero attached hydrogens (tertiary/aromatic N) is 3. The van der Waals surface area contributed by atoms with E-state index in [0.29, 0.717) is 17.5 Å². The number of rotatable bonds is 4. The first-order valence-corrected chi connectivity index (χ1v) is 12.0. The van der Waals surface area contributed by atoms with Crippen LogP contribution in [0.2, 0.25) is 0 Å². The number of aromatic nitrogens is 3. The molecule has 0 atom stereocenters. The molecule has 3 heterocycles. The third-order valence-electron chi connectivity index (χ3n) is 5.39. The molecular formula is C28H34N4O3. The van der Waals surface area contributed by atoms with Crippen molar-refractivity contribution in [3.8, 4) is 6.01 Å². The van der Waals surface area contributed by atoms with E-state index < -0.39 is 0 Å². The van der Waals surface area contributed by atoms with Gasteiger partial charge >= 0.3 is 0 Å². The summed E-state index contributed by atoms with van der Waals surface area (Å²) in [5.41, 5.74) is 5.14. The molecule has 2 aromatic heterocycles. The van der Waals surface area contributed by atoms with Crippen LogP contribution in [0.5, 0.6) is 6.01 Å². The summed E-state index contributed by atoms with van der Waals surface area (Å²) < 4.78 is 10.8. The largest absolute Gasteiger partial charge is 0.460 e. The van der Waals surface area contributed by atoms with E-state index in [-0.39, 0.29) is 11.6 Å². The van der Waals surface area contributed by atoms with E-state index in [0.717, 1.165) is 31.9 Å². The molecule has 0 spiro atoms. The lowest BCUT2D eigenvalue weighted by Crippen LogP contribution is -2.36. The minimum atomic E-state index is -0.226. The van der Waals surface area contributed by atoms with Gasteiger partial charge in [-0.2, -0.15) is 4.98 Å². The van der Waals surface area contributed by atoms with E-state index >= 15 is 0 Å². The second kappa shape index (κ2) is 13.2. The number of morpholine rings is 1. The molecule has 0 unspecified atom stereocenters. The maximum absolute atomic E-state index is 11.9. The maximum atomic E-state index is 11.9. The molecule has 0 aliphatic carbocycles. The fraction of sp³-hybridized carbons (Fsp3) is 0.321. The number of aryl methyl sites for hydroxylation is 2. The van der Waals surface area contributed by atoms with Gasteiger partial charge in [-0.3, -0.25) is 14.8 Å². The van der Waals surface area contributed by atoms with Gasteiger partial charge in [0.25, 0.3) is 11.6 Å².